The highest BCUT2D eigenvalue weighted by Gasteiger charge is 2.20. The van der Waals surface area contributed by atoms with Crippen molar-refractivity contribution in [3.63, 3.8) is 0 Å². The first-order chi connectivity index (χ1) is 9.16. The van der Waals surface area contributed by atoms with Gasteiger partial charge in [0.1, 0.15) is 0 Å². The van der Waals surface area contributed by atoms with Gasteiger partial charge >= 0.3 is 0 Å². The zero-order valence-corrected chi connectivity index (χ0v) is 11.0. The molecule has 0 bridgehead atoms. The largest absolute Gasteiger partial charge is 0.366 e. The van der Waals surface area contributed by atoms with Gasteiger partial charge in [0.2, 0.25) is 11.8 Å². The summed E-state index contributed by atoms with van der Waals surface area (Å²) in [5.74, 6) is 0.431. The summed E-state index contributed by atoms with van der Waals surface area (Å²) in [6.07, 6.45) is 4.65. The number of hydrogen-bond acceptors (Lipinski definition) is 2. The molecule has 0 atom stereocenters. The predicted octanol–water partition coefficient (Wildman–Crippen LogP) is 1.63. The molecule has 0 aliphatic heterocycles. The van der Waals surface area contributed by atoms with Gasteiger partial charge in [0.25, 0.3) is 0 Å². The van der Waals surface area contributed by atoms with E-state index in [2.05, 4.69) is 5.32 Å². The fourth-order valence-corrected chi connectivity index (χ4v) is 2.14. The molecule has 1 saturated carbocycles. The van der Waals surface area contributed by atoms with Gasteiger partial charge in [-0.1, -0.05) is 31.0 Å². The van der Waals surface area contributed by atoms with Gasteiger partial charge in [-0.3, -0.25) is 9.59 Å². The molecule has 0 heterocycles. The summed E-state index contributed by atoms with van der Waals surface area (Å²) >= 11 is 0. The Morgan fingerprint density at radius 2 is 2.00 bits per heavy atom. The van der Waals surface area contributed by atoms with Crippen molar-refractivity contribution in [1.82, 2.24) is 5.32 Å². The molecule has 0 unspecified atom stereocenters. The first kappa shape index (κ1) is 13.6. The highest BCUT2D eigenvalue weighted by Crippen LogP contribution is 2.31. The van der Waals surface area contributed by atoms with Gasteiger partial charge in [0.15, 0.2) is 0 Å². The molecule has 2 amide bonds. The van der Waals surface area contributed by atoms with E-state index in [4.69, 9.17) is 5.73 Å². The lowest BCUT2D eigenvalue weighted by Gasteiger charge is -2.07. The van der Waals surface area contributed by atoms with Crippen LogP contribution >= 0.6 is 0 Å². The quantitative estimate of drug-likeness (QED) is 0.782. The fraction of sp³-hybridized carbons (Fsp3) is 0.467. The number of aryl methyl sites for hydroxylation is 1. The van der Waals surface area contributed by atoms with Crippen LogP contribution in [0.1, 0.15) is 41.6 Å². The van der Waals surface area contributed by atoms with Crippen LogP contribution in [0.25, 0.3) is 0 Å². The molecule has 1 aromatic rings. The molecular formula is C15H20N2O2. The Hall–Kier alpha value is -1.84. The Morgan fingerprint density at radius 1 is 1.26 bits per heavy atom. The highest BCUT2D eigenvalue weighted by atomic mass is 16.1. The number of rotatable bonds is 7. The number of benzene rings is 1. The monoisotopic (exact) mass is 260 g/mol. The van der Waals surface area contributed by atoms with Crippen molar-refractivity contribution in [2.45, 2.75) is 32.1 Å². The summed E-state index contributed by atoms with van der Waals surface area (Å²) in [7, 11) is 0. The van der Waals surface area contributed by atoms with Gasteiger partial charge in [-0.25, -0.2) is 0 Å². The van der Waals surface area contributed by atoms with Gasteiger partial charge in [-0.15, -0.1) is 0 Å². The van der Waals surface area contributed by atoms with Crippen LogP contribution in [0.15, 0.2) is 24.3 Å². The van der Waals surface area contributed by atoms with Crippen molar-refractivity contribution >= 4 is 11.8 Å². The van der Waals surface area contributed by atoms with Crippen LogP contribution in [0.2, 0.25) is 0 Å². The zero-order valence-electron chi connectivity index (χ0n) is 11.0. The van der Waals surface area contributed by atoms with Gasteiger partial charge in [-0.05, 0) is 30.4 Å². The van der Waals surface area contributed by atoms with Crippen LogP contribution in [0.3, 0.4) is 0 Å². The Labute approximate surface area is 113 Å². The van der Waals surface area contributed by atoms with E-state index < -0.39 is 5.91 Å². The van der Waals surface area contributed by atoms with E-state index in [1.807, 2.05) is 12.1 Å². The second kappa shape index (κ2) is 6.36. The van der Waals surface area contributed by atoms with E-state index in [0.717, 1.165) is 24.4 Å². The summed E-state index contributed by atoms with van der Waals surface area (Å²) in [6, 6.07) is 7.17. The molecule has 19 heavy (non-hydrogen) atoms. The average Bonchev–Trinajstić information content (AvgIpc) is 3.20. The number of hydrogen-bond donors (Lipinski definition) is 2. The van der Waals surface area contributed by atoms with E-state index >= 15 is 0 Å². The Kier molecular flexibility index (Phi) is 4.55. The van der Waals surface area contributed by atoms with Gasteiger partial charge in [0.05, 0.1) is 0 Å². The molecule has 0 saturated heterocycles. The van der Waals surface area contributed by atoms with Crippen molar-refractivity contribution < 1.29 is 9.59 Å². The number of carbonyl (C=O) groups is 2. The van der Waals surface area contributed by atoms with Crippen molar-refractivity contribution in [2.24, 2.45) is 11.7 Å². The Morgan fingerprint density at radius 3 is 2.68 bits per heavy atom. The van der Waals surface area contributed by atoms with Crippen LogP contribution in [0, 0.1) is 5.92 Å². The number of amides is 2. The molecule has 1 aliphatic rings. The lowest BCUT2D eigenvalue weighted by atomic mass is 10.0. The van der Waals surface area contributed by atoms with E-state index in [-0.39, 0.29) is 5.91 Å². The highest BCUT2D eigenvalue weighted by molar-refractivity contribution is 5.94. The van der Waals surface area contributed by atoms with Gasteiger partial charge < -0.3 is 11.1 Å². The van der Waals surface area contributed by atoms with Gasteiger partial charge in [-0.2, -0.15) is 0 Å². The molecule has 1 aliphatic carbocycles. The molecule has 0 spiro atoms. The van der Waals surface area contributed by atoms with Crippen molar-refractivity contribution in [2.75, 3.05) is 6.54 Å². The molecule has 0 radical (unpaired) electrons. The van der Waals surface area contributed by atoms with Crippen LogP contribution in [-0.2, 0) is 11.2 Å². The fourth-order valence-electron chi connectivity index (χ4n) is 2.14. The molecule has 102 valence electrons. The minimum absolute atomic E-state index is 0.0416. The summed E-state index contributed by atoms with van der Waals surface area (Å²) < 4.78 is 0. The lowest BCUT2D eigenvalue weighted by Crippen LogP contribution is -2.25. The Bertz CT molecular complexity index is 467. The second-order valence-corrected chi connectivity index (χ2v) is 5.10. The molecule has 1 aromatic carbocycles. The van der Waals surface area contributed by atoms with Crippen molar-refractivity contribution in [3.05, 3.63) is 35.4 Å². The van der Waals surface area contributed by atoms with E-state index in [0.29, 0.717) is 18.4 Å². The molecule has 0 aromatic heterocycles. The number of nitrogens with two attached hydrogens (primary N) is 1. The SMILES string of the molecule is NC(=O)c1ccccc1CCC(=O)NCCC1CC1. The summed E-state index contributed by atoms with van der Waals surface area (Å²) in [5.41, 5.74) is 6.65. The first-order valence-corrected chi connectivity index (χ1v) is 6.81. The van der Waals surface area contributed by atoms with E-state index in [1.54, 1.807) is 12.1 Å². The maximum atomic E-state index is 11.7. The van der Waals surface area contributed by atoms with Crippen LogP contribution in [0.4, 0.5) is 0 Å². The Balaban J connectivity index is 1.77. The standard InChI is InChI=1S/C15H20N2O2/c16-15(19)13-4-2-1-3-12(13)7-8-14(18)17-10-9-11-5-6-11/h1-4,11H,5-10H2,(H2,16,19)(H,17,18). The predicted molar refractivity (Wildman–Crippen MR) is 73.6 cm³/mol. The second-order valence-electron chi connectivity index (χ2n) is 5.10. The van der Waals surface area contributed by atoms with Crippen molar-refractivity contribution in [3.8, 4) is 0 Å². The topological polar surface area (TPSA) is 72.2 Å². The minimum Gasteiger partial charge on any atom is -0.366 e. The molecule has 3 N–H and O–H groups in total. The number of carbonyl (C=O) groups excluding carboxylic acids is 2. The third-order valence-corrected chi connectivity index (χ3v) is 3.48. The van der Waals surface area contributed by atoms with Gasteiger partial charge in [0, 0.05) is 18.5 Å². The summed E-state index contributed by atoms with van der Waals surface area (Å²) in [5, 5.41) is 2.92. The normalized spacial score (nSPS) is 14.1. The average molecular weight is 260 g/mol. The number of primary amides is 1. The summed E-state index contributed by atoms with van der Waals surface area (Å²) in [6.45, 7) is 0.765. The number of nitrogens with one attached hydrogen (secondary N) is 1. The minimum atomic E-state index is -0.440. The van der Waals surface area contributed by atoms with Crippen molar-refractivity contribution in [1.29, 1.82) is 0 Å². The van der Waals surface area contributed by atoms with Crippen LogP contribution in [0.5, 0.6) is 0 Å². The zero-order chi connectivity index (χ0) is 13.7. The smallest absolute Gasteiger partial charge is 0.248 e. The molecule has 1 fully saturated rings. The molecular weight excluding hydrogens is 240 g/mol. The molecule has 4 nitrogen and oxygen atoms in total. The first-order valence-electron chi connectivity index (χ1n) is 6.81. The summed E-state index contributed by atoms with van der Waals surface area (Å²) in [4.78, 5) is 22.9. The molecule has 4 heteroatoms. The maximum absolute atomic E-state index is 11.7. The maximum Gasteiger partial charge on any atom is 0.248 e. The molecule has 2 rings (SSSR count). The third kappa shape index (κ3) is 4.39. The van der Waals surface area contributed by atoms with Crippen LogP contribution < -0.4 is 11.1 Å². The lowest BCUT2D eigenvalue weighted by molar-refractivity contribution is -0.121. The van der Waals surface area contributed by atoms with E-state index in [1.165, 1.54) is 12.8 Å². The third-order valence-electron chi connectivity index (χ3n) is 3.48. The van der Waals surface area contributed by atoms with Crippen LogP contribution in [-0.4, -0.2) is 18.4 Å². The van der Waals surface area contributed by atoms with E-state index in [9.17, 15) is 9.59 Å².